The summed E-state index contributed by atoms with van der Waals surface area (Å²) < 4.78 is 45.1. The highest BCUT2D eigenvalue weighted by molar-refractivity contribution is 5.83. The Morgan fingerprint density at radius 1 is 1.14 bits per heavy atom. The van der Waals surface area contributed by atoms with Crippen molar-refractivity contribution in [3.8, 4) is 0 Å². The molecule has 1 unspecified atom stereocenters. The van der Waals surface area contributed by atoms with Gasteiger partial charge in [0.05, 0.1) is 11.0 Å². The molecule has 1 atom stereocenters. The van der Waals surface area contributed by atoms with Crippen molar-refractivity contribution >= 4 is 5.91 Å². The summed E-state index contributed by atoms with van der Waals surface area (Å²) in [6.45, 7) is 2.62. The van der Waals surface area contributed by atoms with Gasteiger partial charge in [0.25, 0.3) is 0 Å². The molecule has 0 spiro atoms. The summed E-state index contributed by atoms with van der Waals surface area (Å²) in [5.41, 5.74) is -0.205. The van der Waals surface area contributed by atoms with Crippen LogP contribution in [0.2, 0.25) is 0 Å². The molecular weight excluding hydrogens is 483 g/mol. The zero-order valence-corrected chi connectivity index (χ0v) is 21.2. The number of hydrogen-bond donors (Lipinski definition) is 0. The van der Waals surface area contributed by atoms with Gasteiger partial charge in [0.2, 0.25) is 5.91 Å². The van der Waals surface area contributed by atoms with Gasteiger partial charge in [0.15, 0.2) is 0 Å². The van der Waals surface area contributed by atoms with Crippen molar-refractivity contribution in [3.05, 3.63) is 53.4 Å². The highest BCUT2D eigenvalue weighted by Crippen LogP contribution is 2.42. The lowest BCUT2D eigenvalue weighted by molar-refractivity contribution is -0.143. The summed E-state index contributed by atoms with van der Waals surface area (Å²) >= 11 is 0. The fraction of sp³-hybridized carbons (Fsp3) is 0.630. The van der Waals surface area contributed by atoms with E-state index in [1.165, 1.54) is 0 Å². The molecule has 37 heavy (non-hydrogen) atoms. The van der Waals surface area contributed by atoms with Crippen LogP contribution in [-0.2, 0) is 28.7 Å². The van der Waals surface area contributed by atoms with E-state index in [1.807, 2.05) is 6.07 Å². The topological polar surface area (TPSA) is 71.5 Å². The van der Waals surface area contributed by atoms with Crippen LogP contribution < -0.4 is 0 Å². The molecule has 5 rings (SSSR count). The second-order valence-electron chi connectivity index (χ2n) is 10.7. The fourth-order valence-electron chi connectivity index (χ4n) is 6.31. The summed E-state index contributed by atoms with van der Waals surface area (Å²) in [5.74, 6) is 1.32. The normalized spacial score (nSPS) is 26.8. The monoisotopic (exact) mass is 517 g/mol. The number of ether oxygens (including phenoxy) is 1. The maximum absolute atomic E-state index is 14.0. The number of pyridine rings is 1. The second kappa shape index (κ2) is 10.6. The first kappa shape index (κ1) is 26.0. The van der Waals surface area contributed by atoms with Gasteiger partial charge >= 0.3 is 6.18 Å². The third-order valence-electron chi connectivity index (χ3n) is 8.44. The third-order valence-corrected chi connectivity index (χ3v) is 8.44. The van der Waals surface area contributed by atoms with Crippen LogP contribution in [0.15, 0.2) is 30.7 Å². The molecule has 1 saturated carbocycles. The Bertz CT molecular complexity index is 1090. The van der Waals surface area contributed by atoms with Crippen LogP contribution in [0.1, 0.15) is 67.1 Å². The molecular formula is C27H34F3N5O2. The Labute approximate surface area is 215 Å². The molecule has 3 aliphatic rings. The van der Waals surface area contributed by atoms with E-state index < -0.39 is 17.2 Å². The maximum Gasteiger partial charge on any atom is 0.417 e. The van der Waals surface area contributed by atoms with Gasteiger partial charge in [-0.25, -0.2) is 9.97 Å². The minimum absolute atomic E-state index is 0.0292. The molecule has 1 amide bonds. The Balaban J connectivity index is 1.27. The molecule has 2 aromatic heterocycles. The first-order valence-corrected chi connectivity index (χ1v) is 13.1. The minimum Gasteiger partial charge on any atom is -0.385 e. The van der Waals surface area contributed by atoms with E-state index in [-0.39, 0.29) is 12.5 Å². The van der Waals surface area contributed by atoms with Crippen LogP contribution in [-0.4, -0.2) is 70.1 Å². The van der Waals surface area contributed by atoms with E-state index in [2.05, 4.69) is 19.9 Å². The zero-order chi connectivity index (χ0) is 26.0. The van der Waals surface area contributed by atoms with E-state index in [1.54, 1.807) is 24.4 Å². The van der Waals surface area contributed by atoms with Gasteiger partial charge in [0, 0.05) is 76.0 Å². The fourth-order valence-corrected chi connectivity index (χ4v) is 6.31. The summed E-state index contributed by atoms with van der Waals surface area (Å²) in [4.78, 5) is 31.1. The van der Waals surface area contributed by atoms with Crippen LogP contribution in [0.4, 0.5) is 13.2 Å². The molecule has 1 aliphatic carbocycles. The van der Waals surface area contributed by atoms with Crippen LogP contribution >= 0.6 is 0 Å². The van der Waals surface area contributed by atoms with Gasteiger partial charge in [-0.15, -0.1) is 0 Å². The first-order chi connectivity index (χ1) is 17.8. The molecule has 0 aromatic carbocycles. The van der Waals surface area contributed by atoms with Crippen molar-refractivity contribution in [2.45, 2.75) is 69.6 Å². The largest absolute Gasteiger partial charge is 0.417 e. The maximum atomic E-state index is 14.0. The van der Waals surface area contributed by atoms with Gasteiger partial charge in [-0.2, -0.15) is 13.2 Å². The lowest BCUT2D eigenvalue weighted by Crippen LogP contribution is -2.49. The molecule has 7 nitrogen and oxygen atoms in total. The van der Waals surface area contributed by atoms with Gasteiger partial charge in [-0.3, -0.25) is 14.7 Å². The molecule has 0 bridgehead atoms. The minimum atomic E-state index is -4.45. The second-order valence-corrected chi connectivity index (χ2v) is 10.7. The Kier molecular flexibility index (Phi) is 7.49. The number of alkyl halides is 3. The Morgan fingerprint density at radius 3 is 2.59 bits per heavy atom. The van der Waals surface area contributed by atoms with E-state index in [0.29, 0.717) is 55.8 Å². The molecule has 2 aliphatic heterocycles. The van der Waals surface area contributed by atoms with Crippen molar-refractivity contribution in [2.75, 3.05) is 33.4 Å². The Hall–Kier alpha value is -2.59. The van der Waals surface area contributed by atoms with Crippen LogP contribution in [0.3, 0.4) is 0 Å². The van der Waals surface area contributed by atoms with Crippen molar-refractivity contribution < 1.29 is 22.7 Å². The van der Waals surface area contributed by atoms with Gasteiger partial charge in [-0.1, -0.05) is 0 Å². The molecule has 1 saturated heterocycles. The number of rotatable bonds is 6. The smallest absolute Gasteiger partial charge is 0.385 e. The molecule has 2 aromatic rings. The summed E-state index contributed by atoms with van der Waals surface area (Å²) in [6.07, 6.45) is 5.99. The number of fused-ring (bicyclic) bond motifs is 1. The van der Waals surface area contributed by atoms with Crippen molar-refractivity contribution in [3.63, 3.8) is 0 Å². The lowest BCUT2D eigenvalue weighted by Gasteiger charge is -2.38. The molecule has 0 N–H and O–H groups in total. The number of likely N-dealkylation sites (tertiary alicyclic amines) is 1. The highest BCUT2D eigenvalue weighted by Gasteiger charge is 2.48. The number of nitrogens with zero attached hydrogens (tertiary/aromatic N) is 5. The SMILES string of the molecule is COCCC1(C(=O)N2CCc3ncc(C(F)(F)F)cc3C2)CCN(C2CCC(c3ncccn3)CC2)C1. The van der Waals surface area contributed by atoms with E-state index in [9.17, 15) is 18.0 Å². The third kappa shape index (κ3) is 5.50. The number of carbonyl (C=O) groups excluding carboxylic acids is 1. The van der Waals surface area contributed by atoms with Crippen LogP contribution in [0.5, 0.6) is 0 Å². The number of amides is 1. The van der Waals surface area contributed by atoms with Crippen LogP contribution in [0, 0.1) is 5.41 Å². The number of methoxy groups -OCH3 is 1. The molecule has 0 radical (unpaired) electrons. The molecule has 4 heterocycles. The summed E-state index contributed by atoms with van der Waals surface area (Å²) in [6, 6.07) is 3.40. The van der Waals surface area contributed by atoms with E-state index >= 15 is 0 Å². The van der Waals surface area contributed by atoms with Gasteiger partial charge in [-0.05, 0) is 62.8 Å². The van der Waals surface area contributed by atoms with Gasteiger partial charge < -0.3 is 9.64 Å². The summed E-state index contributed by atoms with van der Waals surface area (Å²) in [5, 5.41) is 0. The lowest BCUT2D eigenvalue weighted by atomic mass is 9.81. The summed E-state index contributed by atoms with van der Waals surface area (Å²) in [7, 11) is 1.64. The zero-order valence-electron chi connectivity index (χ0n) is 21.2. The molecule has 10 heteroatoms. The van der Waals surface area contributed by atoms with Crippen molar-refractivity contribution in [2.24, 2.45) is 5.41 Å². The molecule has 200 valence electrons. The Morgan fingerprint density at radius 2 is 1.89 bits per heavy atom. The number of carbonyl (C=O) groups is 1. The van der Waals surface area contributed by atoms with E-state index in [4.69, 9.17) is 4.74 Å². The molecule has 2 fully saturated rings. The quantitative estimate of drug-likeness (QED) is 0.571. The van der Waals surface area contributed by atoms with Gasteiger partial charge in [0.1, 0.15) is 5.82 Å². The van der Waals surface area contributed by atoms with E-state index in [0.717, 1.165) is 56.7 Å². The van der Waals surface area contributed by atoms with Crippen LogP contribution in [0.25, 0.3) is 0 Å². The average molecular weight is 518 g/mol. The number of hydrogen-bond acceptors (Lipinski definition) is 6. The number of halogens is 3. The predicted molar refractivity (Wildman–Crippen MR) is 131 cm³/mol. The average Bonchev–Trinajstić information content (AvgIpc) is 3.36. The predicted octanol–water partition coefficient (Wildman–Crippen LogP) is 4.23. The van der Waals surface area contributed by atoms with Crippen molar-refractivity contribution in [1.82, 2.24) is 24.8 Å². The standard InChI is InChI=1S/C27H34F3N5O2/c1-37-14-9-26(25(36)34-12-7-23-20(17-34)15-21(16-33-23)27(28,29)30)8-13-35(18-26)22-5-3-19(4-6-22)24-31-10-2-11-32-24/h2,10-11,15-16,19,22H,3-9,12-14,17-18H2,1H3. The first-order valence-electron chi connectivity index (χ1n) is 13.1. The van der Waals surface area contributed by atoms with Crippen molar-refractivity contribution in [1.29, 1.82) is 0 Å². The number of aromatic nitrogens is 3. The highest BCUT2D eigenvalue weighted by atomic mass is 19.4.